The number of rotatable bonds is 7. The number of hydrogen-bond acceptors (Lipinski definition) is 5. The Hall–Kier alpha value is -3.39. The first-order chi connectivity index (χ1) is 15.9. The zero-order valence-corrected chi connectivity index (χ0v) is 18.0. The number of alkyl carbamates (subject to hydrolysis) is 1. The first kappa shape index (κ1) is 21.5. The third kappa shape index (κ3) is 3.74. The zero-order chi connectivity index (χ0) is 23.2. The van der Waals surface area contributed by atoms with Gasteiger partial charge in [-0.15, -0.1) is 0 Å². The molecule has 8 heteroatoms. The van der Waals surface area contributed by atoms with Crippen LogP contribution in [0.4, 0.5) is 4.79 Å². The van der Waals surface area contributed by atoms with Crippen molar-refractivity contribution in [3.63, 3.8) is 0 Å². The summed E-state index contributed by atoms with van der Waals surface area (Å²) in [7, 11) is 0. The maximum absolute atomic E-state index is 12.6. The van der Waals surface area contributed by atoms with Crippen LogP contribution in [-0.2, 0) is 14.3 Å². The fourth-order valence-electron chi connectivity index (χ4n) is 5.58. The molecular formula is C25H26N2O6. The van der Waals surface area contributed by atoms with Crippen molar-refractivity contribution in [2.75, 3.05) is 13.2 Å². The number of hydrogen-bond donors (Lipinski definition) is 4. The number of amides is 2. The molecule has 4 N–H and O–H groups in total. The van der Waals surface area contributed by atoms with Crippen molar-refractivity contribution in [3.05, 3.63) is 59.7 Å². The van der Waals surface area contributed by atoms with Crippen LogP contribution in [0.1, 0.15) is 36.3 Å². The lowest BCUT2D eigenvalue weighted by Gasteiger charge is -2.20. The van der Waals surface area contributed by atoms with Gasteiger partial charge >= 0.3 is 12.1 Å². The lowest BCUT2D eigenvalue weighted by atomic mass is 9.98. The van der Waals surface area contributed by atoms with Gasteiger partial charge in [0.25, 0.3) is 0 Å². The molecule has 2 saturated carbocycles. The van der Waals surface area contributed by atoms with E-state index in [2.05, 4.69) is 34.9 Å². The third-order valence-electron chi connectivity index (χ3n) is 7.32. The Morgan fingerprint density at radius 2 is 1.67 bits per heavy atom. The van der Waals surface area contributed by atoms with Crippen LogP contribution in [0.5, 0.6) is 0 Å². The SMILES string of the molecule is O=C(N[C@H]1C[C@@H]2C[C@]2(C(=O)N[C@H](CO)C(=O)O)C1)OCC1c2ccccc2-c2ccccc21. The van der Waals surface area contributed by atoms with Crippen LogP contribution >= 0.6 is 0 Å². The van der Waals surface area contributed by atoms with Crippen LogP contribution in [-0.4, -0.2) is 53.5 Å². The number of carboxylic acid groups (broad SMARTS) is 1. The monoisotopic (exact) mass is 450 g/mol. The zero-order valence-electron chi connectivity index (χ0n) is 18.0. The topological polar surface area (TPSA) is 125 Å². The van der Waals surface area contributed by atoms with Gasteiger partial charge in [-0.25, -0.2) is 9.59 Å². The molecule has 0 heterocycles. The lowest BCUT2D eigenvalue weighted by Crippen LogP contribution is -2.47. The number of carboxylic acids is 1. The van der Waals surface area contributed by atoms with E-state index in [1.165, 1.54) is 0 Å². The largest absolute Gasteiger partial charge is 0.480 e. The van der Waals surface area contributed by atoms with Crippen molar-refractivity contribution < 1.29 is 29.3 Å². The Morgan fingerprint density at radius 1 is 1.03 bits per heavy atom. The summed E-state index contributed by atoms with van der Waals surface area (Å²) in [5.74, 6) is -1.57. The molecule has 172 valence electrons. The van der Waals surface area contributed by atoms with Gasteiger partial charge in [-0.3, -0.25) is 4.79 Å². The Balaban J connectivity index is 1.17. The average molecular weight is 450 g/mol. The van der Waals surface area contributed by atoms with Gasteiger partial charge in [-0.05, 0) is 47.4 Å². The second-order valence-electron chi connectivity index (χ2n) is 9.21. The van der Waals surface area contributed by atoms with E-state index in [0.717, 1.165) is 22.3 Å². The summed E-state index contributed by atoms with van der Waals surface area (Å²) in [5, 5.41) is 23.5. The number of carbonyl (C=O) groups is 3. The normalized spacial score (nSPS) is 25.4. The molecule has 0 saturated heterocycles. The van der Waals surface area contributed by atoms with Gasteiger partial charge in [-0.2, -0.15) is 0 Å². The molecule has 0 aliphatic heterocycles. The molecule has 33 heavy (non-hydrogen) atoms. The van der Waals surface area contributed by atoms with E-state index in [4.69, 9.17) is 14.9 Å². The quantitative estimate of drug-likeness (QED) is 0.513. The standard InChI is InChI=1S/C25H26N2O6/c28-12-21(22(29)30)27-23(31)25-10-14(25)9-15(11-25)26-24(32)33-13-20-18-7-3-1-5-16(18)17-6-2-4-8-19(17)20/h1-8,14-15,20-21,28H,9-13H2,(H,26,32)(H,27,31)(H,29,30)/t14-,15+,21-,25+/m1/s1. The molecule has 8 nitrogen and oxygen atoms in total. The molecule has 2 amide bonds. The molecule has 3 aliphatic rings. The number of aliphatic carboxylic acids is 1. The van der Waals surface area contributed by atoms with E-state index in [1.807, 2.05) is 24.3 Å². The van der Waals surface area contributed by atoms with Gasteiger partial charge < -0.3 is 25.6 Å². The van der Waals surface area contributed by atoms with Crippen molar-refractivity contribution in [1.29, 1.82) is 0 Å². The fourth-order valence-corrected chi connectivity index (χ4v) is 5.58. The number of nitrogens with one attached hydrogen (secondary N) is 2. The van der Waals surface area contributed by atoms with Gasteiger partial charge in [0, 0.05) is 12.0 Å². The van der Waals surface area contributed by atoms with E-state index in [9.17, 15) is 14.4 Å². The predicted octanol–water partition coefficient (Wildman–Crippen LogP) is 2.26. The number of carbonyl (C=O) groups excluding carboxylic acids is 2. The Labute approximate surface area is 191 Å². The molecule has 0 unspecified atom stereocenters. The van der Waals surface area contributed by atoms with Crippen LogP contribution < -0.4 is 10.6 Å². The summed E-state index contributed by atoms with van der Waals surface area (Å²) in [6, 6.07) is 14.7. The van der Waals surface area contributed by atoms with Gasteiger partial charge in [-0.1, -0.05) is 48.5 Å². The number of benzene rings is 2. The number of fused-ring (bicyclic) bond motifs is 4. The Morgan fingerprint density at radius 3 is 2.27 bits per heavy atom. The summed E-state index contributed by atoms with van der Waals surface area (Å²) < 4.78 is 5.60. The van der Waals surface area contributed by atoms with Crippen molar-refractivity contribution in [3.8, 4) is 11.1 Å². The molecule has 4 atom stereocenters. The summed E-state index contributed by atoms with van der Waals surface area (Å²) in [6.07, 6.45) is 1.23. The first-order valence-corrected chi connectivity index (χ1v) is 11.2. The van der Waals surface area contributed by atoms with E-state index in [-0.39, 0.29) is 30.4 Å². The minimum atomic E-state index is -1.32. The third-order valence-corrected chi connectivity index (χ3v) is 7.32. The molecular weight excluding hydrogens is 424 g/mol. The highest BCUT2D eigenvalue weighted by Gasteiger charge is 2.65. The Kier molecular flexibility index (Phi) is 5.32. The second-order valence-corrected chi connectivity index (χ2v) is 9.21. The maximum Gasteiger partial charge on any atom is 0.407 e. The van der Waals surface area contributed by atoms with Crippen molar-refractivity contribution in [2.45, 2.75) is 37.3 Å². The second kappa shape index (κ2) is 8.19. The molecule has 3 aliphatic carbocycles. The molecule has 5 rings (SSSR count). The highest BCUT2D eigenvalue weighted by atomic mass is 16.5. The number of aliphatic hydroxyl groups is 1. The van der Waals surface area contributed by atoms with Crippen LogP contribution in [0.2, 0.25) is 0 Å². The predicted molar refractivity (Wildman–Crippen MR) is 118 cm³/mol. The van der Waals surface area contributed by atoms with Crippen molar-refractivity contribution in [1.82, 2.24) is 10.6 Å². The van der Waals surface area contributed by atoms with Crippen LogP contribution in [0.3, 0.4) is 0 Å². The smallest absolute Gasteiger partial charge is 0.407 e. The molecule has 0 radical (unpaired) electrons. The van der Waals surface area contributed by atoms with Crippen LogP contribution in [0, 0.1) is 11.3 Å². The van der Waals surface area contributed by atoms with E-state index < -0.39 is 30.1 Å². The van der Waals surface area contributed by atoms with E-state index >= 15 is 0 Å². The van der Waals surface area contributed by atoms with Gasteiger partial charge in [0.15, 0.2) is 0 Å². The van der Waals surface area contributed by atoms with Crippen molar-refractivity contribution in [2.24, 2.45) is 11.3 Å². The minimum Gasteiger partial charge on any atom is -0.480 e. The van der Waals surface area contributed by atoms with Gasteiger partial charge in [0.2, 0.25) is 5.91 Å². The molecule has 2 aromatic rings. The highest BCUT2D eigenvalue weighted by molar-refractivity contribution is 5.90. The molecule has 0 bridgehead atoms. The lowest BCUT2D eigenvalue weighted by molar-refractivity contribution is -0.144. The molecule has 2 fully saturated rings. The highest BCUT2D eigenvalue weighted by Crippen LogP contribution is 2.63. The summed E-state index contributed by atoms with van der Waals surface area (Å²) >= 11 is 0. The summed E-state index contributed by atoms with van der Waals surface area (Å²) in [4.78, 5) is 36.3. The van der Waals surface area contributed by atoms with Crippen molar-refractivity contribution >= 4 is 18.0 Å². The molecule has 2 aromatic carbocycles. The van der Waals surface area contributed by atoms with E-state index in [1.54, 1.807) is 0 Å². The Bertz CT molecular complexity index is 1070. The average Bonchev–Trinajstić information content (AvgIpc) is 3.24. The first-order valence-electron chi connectivity index (χ1n) is 11.2. The van der Waals surface area contributed by atoms with Crippen LogP contribution in [0.15, 0.2) is 48.5 Å². The van der Waals surface area contributed by atoms with E-state index in [0.29, 0.717) is 19.3 Å². The molecule has 0 spiro atoms. The maximum atomic E-state index is 12.6. The molecule has 0 aromatic heterocycles. The number of ether oxygens (including phenoxy) is 1. The van der Waals surface area contributed by atoms with Gasteiger partial charge in [0.1, 0.15) is 12.6 Å². The fraction of sp³-hybridized carbons (Fsp3) is 0.400. The van der Waals surface area contributed by atoms with Crippen LogP contribution in [0.25, 0.3) is 11.1 Å². The van der Waals surface area contributed by atoms with Gasteiger partial charge in [0.05, 0.1) is 12.0 Å². The summed E-state index contributed by atoms with van der Waals surface area (Å²) in [5.41, 5.74) is 3.94. The summed E-state index contributed by atoms with van der Waals surface area (Å²) in [6.45, 7) is -0.443. The number of aliphatic hydroxyl groups excluding tert-OH is 1. The minimum absolute atomic E-state index is 0.0244.